The Labute approximate surface area is 191 Å². The van der Waals surface area contributed by atoms with Crippen molar-refractivity contribution >= 4 is 34.3 Å². The molecule has 1 N–H and O–H groups in total. The topological polar surface area (TPSA) is 48.5 Å². The van der Waals surface area contributed by atoms with Gasteiger partial charge in [0.2, 0.25) is 0 Å². The number of urea groups is 1. The fraction of sp³-hybridized carbons (Fsp3) is 0.826. The minimum atomic E-state index is 0.0792. The number of hydrogen-bond donors (Lipinski definition) is 1. The van der Waals surface area contributed by atoms with E-state index in [0.29, 0.717) is 12.1 Å². The number of nitrogens with one attached hydrogen (secondary N) is 1. The van der Waals surface area contributed by atoms with Crippen LogP contribution < -0.4 is 5.32 Å². The van der Waals surface area contributed by atoms with Crippen molar-refractivity contribution in [2.45, 2.75) is 94.9 Å². The van der Waals surface area contributed by atoms with Crippen LogP contribution >= 0.6 is 23.1 Å². The highest BCUT2D eigenvalue weighted by atomic mass is 32.2. The average molecular weight is 453 g/mol. The van der Waals surface area contributed by atoms with E-state index in [1.807, 2.05) is 18.0 Å². The Morgan fingerprint density at radius 3 is 2.43 bits per heavy atom. The summed E-state index contributed by atoms with van der Waals surface area (Å²) in [6.07, 6.45) is 12.8. The molecule has 2 fully saturated rings. The summed E-state index contributed by atoms with van der Waals surface area (Å²) >= 11 is 3.46. The lowest BCUT2D eigenvalue weighted by molar-refractivity contribution is 0.105. The Morgan fingerprint density at radius 2 is 1.77 bits per heavy atom. The van der Waals surface area contributed by atoms with E-state index in [-0.39, 0.29) is 6.03 Å². The molecule has 2 saturated carbocycles. The van der Waals surface area contributed by atoms with Gasteiger partial charge in [-0.3, -0.25) is 5.32 Å². The summed E-state index contributed by atoms with van der Waals surface area (Å²) in [6.45, 7) is 10.0. The molecule has 2 aliphatic carbocycles. The molecule has 30 heavy (non-hydrogen) atoms. The number of thioether (sulfide) groups is 1. The average Bonchev–Trinajstić information content (AvgIpc) is 3.20. The van der Waals surface area contributed by atoms with Crippen LogP contribution in [0.4, 0.5) is 9.93 Å². The van der Waals surface area contributed by atoms with Crippen LogP contribution in [-0.2, 0) is 0 Å². The number of thiazole rings is 1. The molecule has 1 aromatic heterocycles. The Hall–Kier alpha value is -0.790. The van der Waals surface area contributed by atoms with Gasteiger partial charge in [-0.25, -0.2) is 9.78 Å². The van der Waals surface area contributed by atoms with Gasteiger partial charge in [0, 0.05) is 24.4 Å². The Kier molecular flexibility index (Phi) is 9.78. The highest BCUT2D eigenvalue weighted by molar-refractivity contribution is 8.01. The maximum absolute atomic E-state index is 13.4. The Balaban J connectivity index is 1.57. The summed E-state index contributed by atoms with van der Waals surface area (Å²) in [6, 6.07) is 0.878. The molecule has 7 heteroatoms. The molecule has 0 aromatic carbocycles. The Morgan fingerprint density at radius 1 is 1.10 bits per heavy atom. The summed E-state index contributed by atoms with van der Waals surface area (Å²) in [7, 11) is 0. The lowest BCUT2D eigenvalue weighted by atomic mass is 9.84. The summed E-state index contributed by atoms with van der Waals surface area (Å²) in [4.78, 5) is 22.5. The molecule has 3 rings (SSSR count). The third-order valence-corrected chi connectivity index (χ3v) is 8.91. The largest absolute Gasteiger partial charge is 0.324 e. The van der Waals surface area contributed by atoms with Crippen LogP contribution in [0.1, 0.15) is 78.6 Å². The number of nitrogens with zero attached hydrogens (tertiary/aromatic N) is 3. The third kappa shape index (κ3) is 6.86. The van der Waals surface area contributed by atoms with Gasteiger partial charge in [0.15, 0.2) is 5.13 Å². The zero-order chi connectivity index (χ0) is 21.3. The van der Waals surface area contributed by atoms with Gasteiger partial charge >= 0.3 is 6.03 Å². The van der Waals surface area contributed by atoms with E-state index in [0.717, 1.165) is 62.1 Å². The van der Waals surface area contributed by atoms with Crippen molar-refractivity contribution in [2.75, 3.05) is 30.7 Å². The zero-order valence-electron chi connectivity index (χ0n) is 19.1. The molecule has 2 amide bonds. The van der Waals surface area contributed by atoms with E-state index in [2.05, 4.69) is 40.9 Å². The second kappa shape index (κ2) is 12.3. The van der Waals surface area contributed by atoms with E-state index in [1.54, 1.807) is 11.3 Å². The molecule has 2 aliphatic rings. The first-order valence-corrected chi connectivity index (χ1v) is 13.8. The van der Waals surface area contributed by atoms with Crippen LogP contribution in [0.15, 0.2) is 10.4 Å². The highest BCUT2D eigenvalue weighted by Gasteiger charge is 2.34. The molecule has 0 bridgehead atoms. The number of carbonyl (C=O) groups is 1. The van der Waals surface area contributed by atoms with Crippen molar-refractivity contribution in [2.24, 2.45) is 5.92 Å². The normalized spacial score (nSPS) is 22.9. The quantitative estimate of drug-likeness (QED) is 0.445. The lowest BCUT2D eigenvalue weighted by Gasteiger charge is -2.42. The minimum absolute atomic E-state index is 0.0792. The monoisotopic (exact) mass is 452 g/mol. The van der Waals surface area contributed by atoms with Gasteiger partial charge in [-0.2, -0.15) is 0 Å². The summed E-state index contributed by atoms with van der Waals surface area (Å²) < 4.78 is 1.19. The SMILES string of the molecule is CCN(CC)CCSc1cnc(NC(=O)N(C2CCCCC2)[C@H]2CC[C@H](C)CC2)s1. The second-order valence-electron chi connectivity index (χ2n) is 8.90. The van der Waals surface area contributed by atoms with E-state index in [9.17, 15) is 4.79 Å². The molecule has 0 aliphatic heterocycles. The van der Waals surface area contributed by atoms with Crippen LogP contribution in [0.25, 0.3) is 0 Å². The third-order valence-electron chi connectivity index (χ3n) is 6.83. The van der Waals surface area contributed by atoms with Gasteiger partial charge in [0.1, 0.15) is 0 Å². The van der Waals surface area contributed by atoms with Crippen molar-refractivity contribution in [3.63, 3.8) is 0 Å². The van der Waals surface area contributed by atoms with Crippen molar-refractivity contribution in [3.05, 3.63) is 6.20 Å². The maximum atomic E-state index is 13.4. The van der Waals surface area contributed by atoms with Crippen LogP contribution in [-0.4, -0.2) is 58.3 Å². The number of rotatable bonds is 9. The molecule has 0 radical (unpaired) electrons. The standard InChI is InChI=1S/C23H40N4OS2/c1-4-26(5-2)15-16-29-21-17-24-22(30-21)25-23(28)27(19-9-7-6-8-10-19)20-13-11-18(3)12-14-20/h17-20H,4-16H2,1-3H3,(H,24,25,28)/t18-,20-. The van der Waals surface area contributed by atoms with E-state index >= 15 is 0 Å². The molecular formula is C23H40N4OS2. The van der Waals surface area contributed by atoms with Crippen LogP contribution in [0.5, 0.6) is 0 Å². The molecule has 1 heterocycles. The summed E-state index contributed by atoms with van der Waals surface area (Å²) in [5.74, 6) is 1.86. The molecule has 0 atom stereocenters. The molecular weight excluding hydrogens is 412 g/mol. The van der Waals surface area contributed by atoms with Crippen molar-refractivity contribution in [3.8, 4) is 0 Å². The molecule has 0 unspecified atom stereocenters. The molecule has 170 valence electrons. The minimum Gasteiger partial charge on any atom is -0.319 e. The van der Waals surface area contributed by atoms with Gasteiger partial charge in [-0.15, -0.1) is 11.8 Å². The van der Waals surface area contributed by atoms with Crippen LogP contribution in [0, 0.1) is 5.92 Å². The van der Waals surface area contributed by atoms with Crippen LogP contribution in [0.3, 0.4) is 0 Å². The zero-order valence-corrected chi connectivity index (χ0v) is 20.7. The molecule has 0 saturated heterocycles. The van der Waals surface area contributed by atoms with Crippen molar-refractivity contribution < 1.29 is 4.79 Å². The van der Waals surface area contributed by atoms with E-state index < -0.39 is 0 Å². The number of carbonyl (C=O) groups excluding carboxylic acids is 1. The predicted octanol–water partition coefficient (Wildman–Crippen LogP) is 6.32. The number of aromatic nitrogens is 1. The fourth-order valence-corrected chi connectivity index (χ4v) is 6.80. The predicted molar refractivity (Wildman–Crippen MR) is 130 cm³/mol. The highest BCUT2D eigenvalue weighted by Crippen LogP contribution is 2.34. The number of anilines is 1. The van der Waals surface area contributed by atoms with Crippen LogP contribution in [0.2, 0.25) is 0 Å². The van der Waals surface area contributed by atoms with Gasteiger partial charge in [0.25, 0.3) is 0 Å². The first-order valence-electron chi connectivity index (χ1n) is 12.0. The molecule has 0 spiro atoms. The first kappa shape index (κ1) is 23.9. The second-order valence-corrected chi connectivity index (χ2v) is 11.3. The summed E-state index contributed by atoms with van der Waals surface area (Å²) in [5, 5.41) is 3.91. The summed E-state index contributed by atoms with van der Waals surface area (Å²) in [5.41, 5.74) is 0. The van der Waals surface area contributed by atoms with Crippen molar-refractivity contribution in [1.82, 2.24) is 14.8 Å². The molecule has 1 aromatic rings. The van der Waals surface area contributed by atoms with Gasteiger partial charge in [-0.1, -0.05) is 51.4 Å². The lowest BCUT2D eigenvalue weighted by Crippen LogP contribution is -2.51. The number of hydrogen-bond acceptors (Lipinski definition) is 5. The molecule has 5 nitrogen and oxygen atoms in total. The van der Waals surface area contributed by atoms with Gasteiger partial charge in [-0.05, 0) is 57.5 Å². The van der Waals surface area contributed by atoms with E-state index in [4.69, 9.17) is 0 Å². The number of amides is 2. The fourth-order valence-electron chi connectivity index (χ4n) is 4.86. The maximum Gasteiger partial charge on any atom is 0.324 e. The van der Waals surface area contributed by atoms with Gasteiger partial charge in [0.05, 0.1) is 10.4 Å². The van der Waals surface area contributed by atoms with E-state index in [1.165, 1.54) is 36.3 Å². The smallest absolute Gasteiger partial charge is 0.319 e. The van der Waals surface area contributed by atoms with Crippen molar-refractivity contribution in [1.29, 1.82) is 0 Å². The Bertz CT molecular complexity index is 635. The first-order chi connectivity index (χ1) is 14.6. The van der Waals surface area contributed by atoms with Gasteiger partial charge < -0.3 is 9.80 Å².